The highest BCUT2D eigenvalue weighted by atomic mass is 19.4. The maximum Gasteiger partial charge on any atom is 0.573 e. The molecule has 102 valence electrons. The quantitative estimate of drug-likeness (QED) is 0.846. The number of hydrogen-bond acceptors (Lipinski definition) is 3. The van der Waals surface area contributed by atoms with E-state index in [0.29, 0.717) is 5.56 Å². The minimum Gasteiger partial charge on any atom is -0.406 e. The second-order valence-corrected chi connectivity index (χ2v) is 4.40. The van der Waals surface area contributed by atoms with Crippen molar-refractivity contribution in [3.05, 3.63) is 29.8 Å². The number of alkyl halides is 3. The SMILES string of the molecule is N#CC(c1cccc(OC(F)(F)F)c1)N1CCCC1. The zero-order valence-electron chi connectivity index (χ0n) is 10.2. The van der Waals surface area contributed by atoms with Gasteiger partial charge in [-0.15, -0.1) is 13.2 Å². The van der Waals surface area contributed by atoms with Gasteiger partial charge in [0.15, 0.2) is 0 Å². The molecule has 19 heavy (non-hydrogen) atoms. The molecule has 1 saturated heterocycles. The molecule has 1 atom stereocenters. The lowest BCUT2D eigenvalue weighted by Crippen LogP contribution is -2.24. The number of ether oxygens (including phenoxy) is 1. The van der Waals surface area contributed by atoms with Crippen molar-refractivity contribution in [2.45, 2.75) is 25.2 Å². The van der Waals surface area contributed by atoms with Crippen molar-refractivity contribution in [2.24, 2.45) is 0 Å². The summed E-state index contributed by atoms with van der Waals surface area (Å²) in [5.74, 6) is -0.288. The lowest BCUT2D eigenvalue weighted by Gasteiger charge is -2.22. The predicted octanol–water partition coefficient (Wildman–Crippen LogP) is 3.25. The predicted molar refractivity (Wildman–Crippen MR) is 62.3 cm³/mol. The van der Waals surface area contributed by atoms with Crippen LogP contribution in [-0.2, 0) is 0 Å². The molecule has 1 aliphatic heterocycles. The average Bonchev–Trinajstić information content (AvgIpc) is 2.82. The summed E-state index contributed by atoms with van der Waals surface area (Å²) >= 11 is 0. The van der Waals surface area contributed by atoms with Gasteiger partial charge in [0.25, 0.3) is 0 Å². The fraction of sp³-hybridized carbons (Fsp3) is 0.462. The van der Waals surface area contributed by atoms with Crippen LogP contribution in [0.25, 0.3) is 0 Å². The molecule has 0 aliphatic carbocycles. The fourth-order valence-electron chi connectivity index (χ4n) is 2.25. The van der Waals surface area contributed by atoms with Gasteiger partial charge in [0.05, 0.1) is 6.07 Å². The van der Waals surface area contributed by atoms with E-state index in [1.165, 1.54) is 18.2 Å². The molecule has 6 heteroatoms. The van der Waals surface area contributed by atoms with E-state index in [2.05, 4.69) is 10.8 Å². The maximum absolute atomic E-state index is 12.2. The third kappa shape index (κ3) is 3.61. The Kier molecular flexibility index (Phi) is 3.96. The summed E-state index contributed by atoms with van der Waals surface area (Å²) in [6.07, 6.45) is -2.69. The molecule has 2 rings (SSSR count). The van der Waals surface area contributed by atoms with Crippen LogP contribution in [0.15, 0.2) is 24.3 Å². The van der Waals surface area contributed by atoms with Crippen molar-refractivity contribution in [1.29, 1.82) is 5.26 Å². The second kappa shape index (κ2) is 5.49. The Morgan fingerprint density at radius 1 is 1.26 bits per heavy atom. The third-order valence-electron chi connectivity index (χ3n) is 3.04. The summed E-state index contributed by atoms with van der Waals surface area (Å²) in [6, 6.07) is 7.25. The van der Waals surface area contributed by atoms with Crippen LogP contribution >= 0.6 is 0 Å². The van der Waals surface area contributed by atoms with Crippen LogP contribution < -0.4 is 4.74 Å². The Balaban J connectivity index is 2.19. The number of benzene rings is 1. The van der Waals surface area contributed by atoms with Crippen LogP contribution in [-0.4, -0.2) is 24.4 Å². The van der Waals surface area contributed by atoms with E-state index in [4.69, 9.17) is 0 Å². The van der Waals surface area contributed by atoms with Crippen molar-refractivity contribution >= 4 is 0 Å². The summed E-state index contributed by atoms with van der Waals surface area (Å²) in [6.45, 7) is 1.59. The molecule has 0 amide bonds. The summed E-state index contributed by atoms with van der Waals surface area (Å²) < 4.78 is 40.3. The molecule has 0 radical (unpaired) electrons. The molecule has 1 fully saturated rings. The minimum absolute atomic E-state index is 0.288. The van der Waals surface area contributed by atoms with Gasteiger partial charge < -0.3 is 4.74 Å². The molecule has 1 heterocycles. The van der Waals surface area contributed by atoms with Gasteiger partial charge in [-0.1, -0.05) is 12.1 Å². The van der Waals surface area contributed by atoms with Crippen molar-refractivity contribution < 1.29 is 17.9 Å². The Morgan fingerprint density at radius 2 is 1.95 bits per heavy atom. The number of halogens is 3. The highest BCUT2D eigenvalue weighted by Gasteiger charge is 2.31. The lowest BCUT2D eigenvalue weighted by atomic mass is 10.1. The summed E-state index contributed by atoms with van der Waals surface area (Å²) in [7, 11) is 0. The highest BCUT2D eigenvalue weighted by molar-refractivity contribution is 5.33. The first-order valence-corrected chi connectivity index (χ1v) is 5.99. The molecule has 1 aliphatic rings. The fourth-order valence-corrected chi connectivity index (χ4v) is 2.25. The Hall–Kier alpha value is -1.74. The van der Waals surface area contributed by atoms with Gasteiger partial charge in [-0.05, 0) is 43.6 Å². The van der Waals surface area contributed by atoms with Gasteiger partial charge in [0, 0.05) is 0 Å². The standard InChI is InChI=1S/C13H13F3N2O/c14-13(15,16)19-11-5-3-4-10(8-11)12(9-17)18-6-1-2-7-18/h3-5,8,12H,1-2,6-7H2. The largest absolute Gasteiger partial charge is 0.573 e. The zero-order valence-corrected chi connectivity index (χ0v) is 10.2. The first-order valence-electron chi connectivity index (χ1n) is 5.99. The molecule has 0 N–H and O–H groups in total. The molecule has 0 bridgehead atoms. The molecule has 3 nitrogen and oxygen atoms in total. The third-order valence-corrected chi connectivity index (χ3v) is 3.04. The van der Waals surface area contributed by atoms with Crippen LogP contribution in [0.2, 0.25) is 0 Å². The Bertz CT molecular complexity index is 476. The van der Waals surface area contributed by atoms with Crippen molar-refractivity contribution in [3.63, 3.8) is 0 Å². The van der Waals surface area contributed by atoms with Crippen LogP contribution in [0.1, 0.15) is 24.4 Å². The van der Waals surface area contributed by atoms with E-state index in [9.17, 15) is 18.4 Å². The zero-order chi connectivity index (χ0) is 13.9. The number of hydrogen-bond donors (Lipinski definition) is 0. The number of nitriles is 1. The Labute approximate surface area is 109 Å². The molecule has 0 saturated carbocycles. The molecular formula is C13H13F3N2O. The van der Waals surface area contributed by atoms with Gasteiger partial charge in [-0.2, -0.15) is 5.26 Å². The Morgan fingerprint density at radius 3 is 2.53 bits per heavy atom. The van der Waals surface area contributed by atoms with E-state index in [1.54, 1.807) is 6.07 Å². The summed E-state index contributed by atoms with van der Waals surface area (Å²) in [5, 5.41) is 9.21. The molecular weight excluding hydrogens is 257 g/mol. The topological polar surface area (TPSA) is 36.3 Å². The van der Waals surface area contributed by atoms with Crippen LogP contribution in [0.4, 0.5) is 13.2 Å². The molecule has 1 aromatic carbocycles. The van der Waals surface area contributed by atoms with Gasteiger partial charge in [-0.3, -0.25) is 4.90 Å². The van der Waals surface area contributed by atoms with E-state index in [1.807, 2.05) is 4.90 Å². The van der Waals surface area contributed by atoms with Crippen LogP contribution in [0.3, 0.4) is 0 Å². The average molecular weight is 270 g/mol. The first-order chi connectivity index (χ1) is 8.99. The second-order valence-electron chi connectivity index (χ2n) is 4.40. The van der Waals surface area contributed by atoms with Crippen LogP contribution in [0.5, 0.6) is 5.75 Å². The summed E-state index contributed by atoms with van der Waals surface area (Å²) in [4.78, 5) is 1.96. The minimum atomic E-state index is -4.71. The summed E-state index contributed by atoms with van der Waals surface area (Å²) in [5.41, 5.74) is 0.533. The first kappa shape index (κ1) is 13.7. The van der Waals surface area contributed by atoms with Gasteiger partial charge in [-0.25, -0.2) is 0 Å². The molecule has 1 unspecified atom stereocenters. The maximum atomic E-state index is 12.2. The van der Waals surface area contributed by atoms with Crippen molar-refractivity contribution in [1.82, 2.24) is 4.90 Å². The van der Waals surface area contributed by atoms with E-state index < -0.39 is 12.4 Å². The molecule has 1 aromatic rings. The smallest absolute Gasteiger partial charge is 0.406 e. The van der Waals surface area contributed by atoms with Crippen molar-refractivity contribution in [2.75, 3.05) is 13.1 Å². The lowest BCUT2D eigenvalue weighted by molar-refractivity contribution is -0.274. The number of nitrogens with zero attached hydrogens (tertiary/aromatic N) is 2. The van der Waals surface area contributed by atoms with E-state index >= 15 is 0 Å². The molecule has 0 aromatic heterocycles. The van der Waals surface area contributed by atoms with E-state index in [-0.39, 0.29) is 5.75 Å². The van der Waals surface area contributed by atoms with Crippen molar-refractivity contribution in [3.8, 4) is 11.8 Å². The highest BCUT2D eigenvalue weighted by Crippen LogP contribution is 2.29. The van der Waals surface area contributed by atoms with Crippen LogP contribution in [0, 0.1) is 11.3 Å². The van der Waals surface area contributed by atoms with Gasteiger partial charge in [0.2, 0.25) is 0 Å². The van der Waals surface area contributed by atoms with Gasteiger partial charge >= 0.3 is 6.36 Å². The monoisotopic (exact) mass is 270 g/mol. The molecule has 0 spiro atoms. The number of likely N-dealkylation sites (tertiary alicyclic amines) is 1. The van der Waals surface area contributed by atoms with Gasteiger partial charge in [0.1, 0.15) is 11.8 Å². The number of rotatable bonds is 3. The van der Waals surface area contributed by atoms with E-state index in [0.717, 1.165) is 25.9 Å². The normalized spacial score (nSPS) is 18.0.